The number of fused-ring (bicyclic) bond motifs is 1. The Bertz CT molecular complexity index is 1130. The molecular weight excluding hydrogens is 537 g/mol. The van der Waals surface area contributed by atoms with Gasteiger partial charge in [0.25, 0.3) is 0 Å². The first-order valence-corrected chi connectivity index (χ1v) is 15.1. The summed E-state index contributed by atoms with van der Waals surface area (Å²) in [4.78, 5) is 35.3. The van der Waals surface area contributed by atoms with Gasteiger partial charge in [0.2, 0.25) is 11.8 Å². The van der Waals surface area contributed by atoms with Crippen LogP contribution in [-0.2, 0) is 27.9 Å². The van der Waals surface area contributed by atoms with Gasteiger partial charge in [0.1, 0.15) is 6.23 Å². The van der Waals surface area contributed by atoms with Crippen molar-refractivity contribution < 1.29 is 37.5 Å². The maximum atomic E-state index is 12.4. The van der Waals surface area contributed by atoms with Crippen molar-refractivity contribution in [3.63, 3.8) is 0 Å². The van der Waals surface area contributed by atoms with E-state index in [4.69, 9.17) is 29.0 Å². The molecule has 15 heteroatoms. The summed E-state index contributed by atoms with van der Waals surface area (Å²) in [6.45, 7) is 10.5. The summed E-state index contributed by atoms with van der Waals surface area (Å²) in [5, 5.41) is -0.0716. The average molecular weight is 576 g/mol. The van der Waals surface area contributed by atoms with Gasteiger partial charge in [-0.1, -0.05) is 25.6 Å². The van der Waals surface area contributed by atoms with Crippen LogP contribution in [0.1, 0.15) is 53.7 Å². The van der Waals surface area contributed by atoms with Crippen molar-refractivity contribution in [2.45, 2.75) is 59.8 Å². The first-order valence-electron chi connectivity index (χ1n) is 12.6. The number of rotatable bonds is 15. The fraction of sp³-hybridized carbons (Fsp3) is 0.739. The number of phosphoric acid groups is 1. The molecule has 1 aliphatic rings. The van der Waals surface area contributed by atoms with Crippen LogP contribution in [0.15, 0.2) is 6.33 Å². The molecule has 0 saturated carbocycles. The predicted molar refractivity (Wildman–Crippen MR) is 143 cm³/mol. The quantitative estimate of drug-likeness (QED) is 0.233. The number of nitrogen functional groups attached to an aromatic ring is 1. The summed E-state index contributed by atoms with van der Waals surface area (Å²) in [6.07, 6.45) is 2.14. The molecule has 1 saturated heterocycles. The Morgan fingerprint density at radius 1 is 1.32 bits per heavy atom. The lowest BCUT2D eigenvalue weighted by molar-refractivity contribution is -0.121. The van der Waals surface area contributed by atoms with Crippen LogP contribution in [-0.4, -0.2) is 74.4 Å². The van der Waals surface area contributed by atoms with E-state index in [1.54, 1.807) is 24.7 Å². The molecular formula is C23H38N5O8PS. The molecule has 0 radical (unpaired) electrons. The zero-order valence-corrected chi connectivity index (χ0v) is 24.2. The second-order valence-electron chi connectivity index (χ2n) is 9.68. The zero-order chi connectivity index (χ0) is 27.9. The molecule has 3 N–H and O–H groups in total. The van der Waals surface area contributed by atoms with E-state index in [9.17, 15) is 14.3 Å². The number of anilines is 1. The number of aromatic nitrogens is 4. The molecule has 3 heterocycles. The molecule has 0 amide bonds. The Morgan fingerprint density at radius 2 is 2.08 bits per heavy atom. The molecule has 2 aromatic heterocycles. The lowest BCUT2D eigenvalue weighted by atomic mass is 9.97. The molecule has 3 rings (SSSR count). The van der Waals surface area contributed by atoms with Gasteiger partial charge in [-0.25, -0.2) is 9.55 Å². The topological polar surface area (TPSA) is 170 Å². The van der Waals surface area contributed by atoms with E-state index in [0.717, 1.165) is 18.2 Å². The standard InChI is InChI=1S/C23H38N5O8PS/c1-6-8-32-13-23(4,5)21(29)38-10-9-34-37(30,31)35-12-16-11-15(3)20(36-16)28-14-25-17-18(28)26-22(24)27-19(17)33-7-2/h14-16,20H,6-13H2,1-5H3,(H,30,31)(H2,24,26,27). The van der Waals surface area contributed by atoms with Gasteiger partial charge in [-0.3, -0.25) is 18.4 Å². The van der Waals surface area contributed by atoms with Gasteiger partial charge < -0.3 is 24.8 Å². The summed E-state index contributed by atoms with van der Waals surface area (Å²) >= 11 is 1.04. The SMILES string of the molecule is CCCOCC(C)(C)C(=O)SCCOP(=O)(O)OCC1CC(C)C(n2cnc3c(OCC)nc(N)nc32)O1. The van der Waals surface area contributed by atoms with E-state index in [1.807, 2.05) is 20.8 Å². The highest BCUT2D eigenvalue weighted by Crippen LogP contribution is 2.45. The molecule has 0 spiro atoms. The highest BCUT2D eigenvalue weighted by Gasteiger charge is 2.37. The second-order valence-corrected chi connectivity index (χ2v) is 12.2. The van der Waals surface area contributed by atoms with E-state index in [2.05, 4.69) is 15.0 Å². The number of nitrogens with two attached hydrogens (primary N) is 1. The van der Waals surface area contributed by atoms with Crippen molar-refractivity contribution in [2.24, 2.45) is 11.3 Å². The first-order chi connectivity index (χ1) is 18.0. The molecule has 214 valence electrons. The molecule has 4 atom stereocenters. The van der Waals surface area contributed by atoms with Crippen LogP contribution < -0.4 is 10.5 Å². The average Bonchev–Trinajstić information content (AvgIpc) is 3.43. The van der Waals surface area contributed by atoms with Gasteiger partial charge >= 0.3 is 7.82 Å². The molecule has 1 aliphatic heterocycles. The van der Waals surface area contributed by atoms with Crippen molar-refractivity contribution in [2.75, 3.05) is 44.5 Å². The Morgan fingerprint density at radius 3 is 2.79 bits per heavy atom. The minimum Gasteiger partial charge on any atom is -0.476 e. The van der Waals surface area contributed by atoms with E-state index in [0.29, 0.717) is 43.3 Å². The highest BCUT2D eigenvalue weighted by atomic mass is 32.2. The van der Waals surface area contributed by atoms with Gasteiger partial charge in [-0.2, -0.15) is 9.97 Å². The normalized spacial score (nSPS) is 21.6. The van der Waals surface area contributed by atoms with E-state index in [1.165, 1.54) is 0 Å². The lowest BCUT2D eigenvalue weighted by Gasteiger charge is -2.22. The van der Waals surface area contributed by atoms with E-state index >= 15 is 0 Å². The number of ether oxygens (including phenoxy) is 3. The summed E-state index contributed by atoms with van der Waals surface area (Å²) in [6, 6.07) is 0. The Balaban J connectivity index is 1.48. The molecule has 2 aromatic rings. The Kier molecular flexibility index (Phi) is 10.9. The van der Waals surface area contributed by atoms with Gasteiger partial charge in [0, 0.05) is 18.3 Å². The van der Waals surface area contributed by atoms with Crippen molar-refractivity contribution in [1.82, 2.24) is 19.5 Å². The van der Waals surface area contributed by atoms with Crippen molar-refractivity contribution >= 4 is 41.8 Å². The van der Waals surface area contributed by atoms with Crippen LogP contribution in [0, 0.1) is 11.3 Å². The summed E-state index contributed by atoms with van der Waals surface area (Å²) in [5.41, 5.74) is 6.14. The lowest BCUT2D eigenvalue weighted by Crippen LogP contribution is -2.28. The fourth-order valence-electron chi connectivity index (χ4n) is 3.92. The number of imidazole rings is 1. The van der Waals surface area contributed by atoms with Crippen LogP contribution >= 0.6 is 19.6 Å². The number of carbonyl (C=O) groups is 1. The molecule has 38 heavy (non-hydrogen) atoms. The number of hydrogen-bond acceptors (Lipinski definition) is 12. The number of thioether (sulfide) groups is 1. The number of carbonyl (C=O) groups excluding carboxylic acids is 1. The van der Waals surface area contributed by atoms with Crippen LogP contribution in [0.4, 0.5) is 5.95 Å². The number of phosphoric ester groups is 1. The predicted octanol–water partition coefficient (Wildman–Crippen LogP) is 3.58. The largest absolute Gasteiger partial charge is 0.476 e. The molecule has 1 fully saturated rings. The molecule has 13 nitrogen and oxygen atoms in total. The van der Waals surface area contributed by atoms with E-state index < -0.39 is 25.6 Å². The monoisotopic (exact) mass is 575 g/mol. The van der Waals surface area contributed by atoms with E-state index in [-0.39, 0.29) is 35.9 Å². The zero-order valence-electron chi connectivity index (χ0n) is 22.5. The van der Waals surface area contributed by atoms with Gasteiger partial charge in [0.15, 0.2) is 16.3 Å². The highest BCUT2D eigenvalue weighted by molar-refractivity contribution is 8.13. The molecule has 4 unspecified atom stereocenters. The summed E-state index contributed by atoms with van der Waals surface area (Å²) < 4.78 is 41.5. The summed E-state index contributed by atoms with van der Waals surface area (Å²) in [5.74, 6) is 0.593. The van der Waals surface area contributed by atoms with Crippen LogP contribution in [0.3, 0.4) is 0 Å². The molecule has 0 bridgehead atoms. The minimum absolute atomic E-state index is 0.0267. The first kappa shape index (κ1) is 30.7. The van der Waals surface area contributed by atoms with Crippen molar-refractivity contribution in [3.8, 4) is 5.88 Å². The minimum atomic E-state index is -4.33. The van der Waals surface area contributed by atoms with Crippen LogP contribution in [0.2, 0.25) is 0 Å². The van der Waals surface area contributed by atoms with Crippen molar-refractivity contribution in [3.05, 3.63) is 6.33 Å². The Hall–Kier alpha value is -1.80. The third-order valence-corrected chi connectivity index (χ3v) is 7.94. The second kappa shape index (κ2) is 13.5. The summed E-state index contributed by atoms with van der Waals surface area (Å²) in [7, 11) is -4.33. The maximum Gasteiger partial charge on any atom is 0.472 e. The third-order valence-electron chi connectivity index (χ3n) is 5.77. The van der Waals surface area contributed by atoms with Gasteiger partial charge in [-0.05, 0) is 33.6 Å². The Labute approximate surface area is 226 Å². The van der Waals surface area contributed by atoms with Gasteiger partial charge in [-0.15, -0.1) is 0 Å². The number of nitrogens with zero attached hydrogens (tertiary/aromatic N) is 4. The van der Waals surface area contributed by atoms with Crippen LogP contribution in [0.25, 0.3) is 11.2 Å². The van der Waals surface area contributed by atoms with Crippen molar-refractivity contribution in [1.29, 1.82) is 0 Å². The fourth-order valence-corrected chi connectivity index (χ4v) is 5.60. The van der Waals surface area contributed by atoms with Crippen LogP contribution in [0.5, 0.6) is 5.88 Å². The smallest absolute Gasteiger partial charge is 0.472 e. The third kappa shape index (κ3) is 8.10. The van der Waals surface area contributed by atoms with Gasteiger partial charge in [0.05, 0.1) is 44.3 Å². The maximum absolute atomic E-state index is 12.4. The molecule has 0 aliphatic carbocycles. The molecule has 0 aromatic carbocycles. The number of hydrogen-bond donors (Lipinski definition) is 2.